The van der Waals surface area contributed by atoms with Crippen molar-refractivity contribution in [2.75, 3.05) is 18.6 Å². The van der Waals surface area contributed by atoms with Gasteiger partial charge in [-0.25, -0.2) is 4.79 Å². The van der Waals surface area contributed by atoms with Crippen molar-refractivity contribution in [1.82, 2.24) is 0 Å². The largest absolute Gasteiger partial charge is 0.465 e. The van der Waals surface area contributed by atoms with Crippen LogP contribution in [0.25, 0.3) is 0 Å². The molecule has 1 rings (SSSR count). The van der Waals surface area contributed by atoms with Gasteiger partial charge in [0, 0.05) is 5.69 Å². The second-order valence-corrected chi connectivity index (χ2v) is 2.80. The summed E-state index contributed by atoms with van der Waals surface area (Å²) in [6.45, 7) is 0. The van der Waals surface area contributed by atoms with Crippen molar-refractivity contribution in [3.05, 3.63) is 22.7 Å². The Balaban J connectivity index is 3.33. The number of anilines is 2. The van der Waals surface area contributed by atoms with Crippen LogP contribution < -0.4 is 11.5 Å². The number of methoxy groups -OCH3 is 1. The SMILES string of the molecule is COC(=O)c1c(N)ccc(N)c1Cl. The summed E-state index contributed by atoms with van der Waals surface area (Å²) in [4.78, 5) is 11.2. The van der Waals surface area contributed by atoms with Gasteiger partial charge in [-0.05, 0) is 12.1 Å². The lowest BCUT2D eigenvalue weighted by Crippen LogP contribution is -2.07. The minimum absolute atomic E-state index is 0.115. The predicted octanol–water partition coefficient (Wildman–Crippen LogP) is 1.29. The molecule has 0 bridgehead atoms. The summed E-state index contributed by atoms with van der Waals surface area (Å²) in [5.74, 6) is -0.588. The van der Waals surface area contributed by atoms with Crippen LogP contribution in [0, 0.1) is 0 Å². The van der Waals surface area contributed by atoms with Crippen LogP contribution in [-0.4, -0.2) is 13.1 Å². The molecule has 0 atom stereocenters. The van der Waals surface area contributed by atoms with Crippen LogP contribution in [0.15, 0.2) is 12.1 Å². The highest BCUT2D eigenvalue weighted by Crippen LogP contribution is 2.28. The molecule has 0 aromatic heterocycles. The summed E-state index contributed by atoms with van der Waals surface area (Å²) >= 11 is 5.77. The molecule has 0 fully saturated rings. The van der Waals surface area contributed by atoms with Crippen molar-refractivity contribution >= 4 is 28.9 Å². The zero-order chi connectivity index (χ0) is 10.0. The molecule has 0 spiro atoms. The molecule has 0 aliphatic heterocycles. The second kappa shape index (κ2) is 3.53. The third-order valence-corrected chi connectivity index (χ3v) is 2.00. The van der Waals surface area contributed by atoms with Gasteiger partial charge in [-0.1, -0.05) is 11.6 Å². The molecule has 1 aromatic carbocycles. The Labute approximate surface area is 80.4 Å². The first-order valence-corrected chi connectivity index (χ1v) is 3.87. The number of benzene rings is 1. The zero-order valence-corrected chi connectivity index (χ0v) is 7.76. The molecule has 0 unspecified atom stereocenters. The van der Waals surface area contributed by atoms with E-state index in [1.165, 1.54) is 19.2 Å². The van der Waals surface area contributed by atoms with E-state index in [1.807, 2.05) is 0 Å². The fraction of sp³-hybridized carbons (Fsp3) is 0.125. The average molecular weight is 201 g/mol. The lowest BCUT2D eigenvalue weighted by Gasteiger charge is -2.07. The lowest BCUT2D eigenvalue weighted by atomic mass is 10.1. The molecule has 70 valence electrons. The summed E-state index contributed by atoms with van der Waals surface area (Å²) in [6.07, 6.45) is 0. The van der Waals surface area contributed by atoms with Gasteiger partial charge < -0.3 is 16.2 Å². The molecule has 4 nitrogen and oxygen atoms in total. The molecular weight excluding hydrogens is 192 g/mol. The number of carbonyl (C=O) groups is 1. The van der Waals surface area contributed by atoms with Crippen LogP contribution in [0.3, 0.4) is 0 Å². The Morgan fingerprint density at radius 1 is 1.38 bits per heavy atom. The highest BCUT2D eigenvalue weighted by molar-refractivity contribution is 6.36. The Bertz CT molecular complexity index is 352. The van der Waals surface area contributed by atoms with Gasteiger partial charge in [-0.15, -0.1) is 0 Å². The molecule has 13 heavy (non-hydrogen) atoms. The van der Waals surface area contributed by atoms with E-state index in [4.69, 9.17) is 23.1 Å². The molecular formula is C8H9ClN2O2. The predicted molar refractivity (Wildman–Crippen MR) is 51.6 cm³/mol. The lowest BCUT2D eigenvalue weighted by molar-refractivity contribution is 0.0602. The van der Waals surface area contributed by atoms with Gasteiger partial charge in [0.25, 0.3) is 0 Å². The smallest absolute Gasteiger partial charge is 0.341 e. The van der Waals surface area contributed by atoms with E-state index in [0.29, 0.717) is 5.69 Å². The monoisotopic (exact) mass is 200 g/mol. The van der Waals surface area contributed by atoms with Crippen LogP contribution in [0.5, 0.6) is 0 Å². The summed E-state index contributed by atoms with van der Waals surface area (Å²) < 4.78 is 4.49. The highest BCUT2D eigenvalue weighted by atomic mass is 35.5. The maximum atomic E-state index is 11.2. The van der Waals surface area contributed by atoms with E-state index < -0.39 is 5.97 Å². The average Bonchev–Trinajstić information content (AvgIpc) is 2.12. The summed E-state index contributed by atoms with van der Waals surface area (Å²) in [5.41, 5.74) is 11.7. The Kier molecular flexibility index (Phi) is 2.63. The number of hydrogen-bond acceptors (Lipinski definition) is 4. The minimum atomic E-state index is -0.588. The van der Waals surface area contributed by atoms with E-state index in [1.54, 1.807) is 0 Å². The number of halogens is 1. The molecule has 0 saturated carbocycles. The number of hydrogen-bond donors (Lipinski definition) is 2. The fourth-order valence-corrected chi connectivity index (χ4v) is 1.17. The van der Waals surface area contributed by atoms with Crippen molar-refractivity contribution < 1.29 is 9.53 Å². The number of ether oxygens (including phenoxy) is 1. The van der Waals surface area contributed by atoms with Crippen LogP contribution >= 0.6 is 11.6 Å². The third kappa shape index (κ3) is 1.67. The third-order valence-electron chi connectivity index (χ3n) is 1.59. The molecule has 0 radical (unpaired) electrons. The number of nitrogens with two attached hydrogens (primary N) is 2. The fourth-order valence-electron chi connectivity index (χ4n) is 0.917. The van der Waals surface area contributed by atoms with E-state index in [0.717, 1.165) is 0 Å². The Hall–Kier alpha value is -1.42. The van der Waals surface area contributed by atoms with E-state index >= 15 is 0 Å². The van der Waals surface area contributed by atoms with Crippen molar-refractivity contribution in [2.45, 2.75) is 0 Å². The van der Waals surface area contributed by atoms with Crippen molar-refractivity contribution in [1.29, 1.82) is 0 Å². The molecule has 0 heterocycles. The normalized spacial score (nSPS) is 9.69. The standard InChI is InChI=1S/C8H9ClN2O2/c1-13-8(12)6-4(10)2-3-5(11)7(6)9/h2-3H,10-11H2,1H3. The first-order chi connectivity index (χ1) is 6.07. The van der Waals surface area contributed by atoms with Crippen LogP contribution in [0.2, 0.25) is 5.02 Å². The van der Waals surface area contributed by atoms with Crippen molar-refractivity contribution in [3.8, 4) is 0 Å². The van der Waals surface area contributed by atoms with Gasteiger partial charge >= 0.3 is 5.97 Å². The summed E-state index contributed by atoms with van der Waals surface area (Å²) in [6, 6.07) is 3.04. The van der Waals surface area contributed by atoms with E-state index in [9.17, 15) is 4.79 Å². The number of esters is 1. The van der Waals surface area contributed by atoms with Gasteiger partial charge in [0.2, 0.25) is 0 Å². The number of nitrogen functional groups attached to an aromatic ring is 2. The Morgan fingerprint density at radius 3 is 2.46 bits per heavy atom. The van der Waals surface area contributed by atoms with Gasteiger partial charge in [-0.2, -0.15) is 0 Å². The number of rotatable bonds is 1. The molecule has 0 amide bonds. The maximum absolute atomic E-state index is 11.2. The molecule has 1 aromatic rings. The summed E-state index contributed by atoms with van der Waals surface area (Å²) in [5, 5.41) is 0.131. The molecule has 4 N–H and O–H groups in total. The van der Waals surface area contributed by atoms with Crippen LogP contribution in [-0.2, 0) is 4.74 Å². The zero-order valence-electron chi connectivity index (χ0n) is 7.00. The van der Waals surface area contributed by atoms with Gasteiger partial charge in [0.05, 0.1) is 17.8 Å². The topological polar surface area (TPSA) is 78.3 Å². The van der Waals surface area contributed by atoms with Gasteiger partial charge in [0.1, 0.15) is 5.56 Å². The van der Waals surface area contributed by atoms with Crippen LogP contribution in [0.1, 0.15) is 10.4 Å². The van der Waals surface area contributed by atoms with E-state index in [2.05, 4.69) is 4.74 Å². The second-order valence-electron chi connectivity index (χ2n) is 2.42. The molecule has 0 aliphatic rings. The molecule has 0 aliphatic carbocycles. The number of carbonyl (C=O) groups excluding carboxylic acids is 1. The van der Waals surface area contributed by atoms with Gasteiger partial charge in [0.15, 0.2) is 0 Å². The maximum Gasteiger partial charge on any atom is 0.341 e. The van der Waals surface area contributed by atoms with Crippen molar-refractivity contribution in [2.24, 2.45) is 0 Å². The quantitative estimate of drug-likeness (QED) is 0.529. The van der Waals surface area contributed by atoms with E-state index in [-0.39, 0.29) is 16.3 Å². The molecule has 5 heteroatoms. The first-order valence-electron chi connectivity index (χ1n) is 3.49. The Morgan fingerprint density at radius 2 is 1.92 bits per heavy atom. The van der Waals surface area contributed by atoms with Gasteiger partial charge in [-0.3, -0.25) is 0 Å². The minimum Gasteiger partial charge on any atom is -0.465 e. The highest BCUT2D eigenvalue weighted by Gasteiger charge is 2.16. The van der Waals surface area contributed by atoms with Crippen LogP contribution in [0.4, 0.5) is 11.4 Å². The molecule has 0 saturated heterocycles. The first kappa shape index (κ1) is 9.67. The summed E-state index contributed by atoms with van der Waals surface area (Å²) in [7, 11) is 1.25. The van der Waals surface area contributed by atoms with Crippen molar-refractivity contribution in [3.63, 3.8) is 0 Å².